The number of pyridine rings is 2. The van der Waals surface area contributed by atoms with Crippen LogP contribution in [-0.2, 0) is 0 Å². The Hall–Kier alpha value is -1.90. The lowest BCUT2D eigenvalue weighted by Crippen LogP contribution is -1.87. The summed E-state index contributed by atoms with van der Waals surface area (Å²) >= 11 is 0. The quantitative estimate of drug-likeness (QED) is 0.710. The summed E-state index contributed by atoms with van der Waals surface area (Å²) in [7, 11) is 0. The number of nitrogens with zero attached hydrogens (tertiary/aromatic N) is 2. The van der Waals surface area contributed by atoms with Gasteiger partial charge in [0.1, 0.15) is 0 Å². The third-order valence-corrected chi connectivity index (χ3v) is 1.75. The predicted octanol–water partition coefficient (Wildman–Crippen LogP) is 1.73. The second-order valence-electron chi connectivity index (χ2n) is 2.75. The minimum Gasteiger partial charge on any atom is -0.397 e. The molecule has 0 fully saturated rings. The van der Waals surface area contributed by atoms with Gasteiger partial charge in [-0.3, -0.25) is 9.97 Å². The van der Waals surface area contributed by atoms with Crippen LogP contribution in [0.4, 0.5) is 5.69 Å². The number of anilines is 1. The fourth-order valence-corrected chi connectivity index (χ4v) is 1.15. The van der Waals surface area contributed by atoms with Crippen molar-refractivity contribution in [2.45, 2.75) is 0 Å². The molecule has 2 heterocycles. The van der Waals surface area contributed by atoms with Gasteiger partial charge in [-0.1, -0.05) is 6.07 Å². The molecule has 0 amide bonds. The third-order valence-electron chi connectivity index (χ3n) is 1.75. The van der Waals surface area contributed by atoms with Crippen LogP contribution in [0.2, 0.25) is 0 Å². The zero-order chi connectivity index (χ0) is 9.10. The maximum Gasteiger partial charge on any atom is 0.0506 e. The standard InChI is InChI=1S/C10H9N3/c11-10-4-9(6-13-7-10)8-2-1-3-12-5-8/h1-7H,11H2. The summed E-state index contributed by atoms with van der Waals surface area (Å²) in [6.45, 7) is 0. The summed E-state index contributed by atoms with van der Waals surface area (Å²) in [5.41, 5.74) is 8.30. The van der Waals surface area contributed by atoms with E-state index in [9.17, 15) is 0 Å². The SMILES string of the molecule is Nc1cncc(-c2cccnc2)c1. The van der Waals surface area contributed by atoms with E-state index in [0.717, 1.165) is 11.1 Å². The van der Waals surface area contributed by atoms with Crippen molar-refractivity contribution in [2.75, 3.05) is 5.73 Å². The van der Waals surface area contributed by atoms with E-state index in [1.165, 1.54) is 0 Å². The second-order valence-corrected chi connectivity index (χ2v) is 2.75. The smallest absolute Gasteiger partial charge is 0.0506 e. The highest BCUT2D eigenvalue weighted by Crippen LogP contribution is 2.18. The van der Waals surface area contributed by atoms with E-state index < -0.39 is 0 Å². The molecule has 0 saturated heterocycles. The molecule has 0 bridgehead atoms. The van der Waals surface area contributed by atoms with Crippen LogP contribution in [0.1, 0.15) is 0 Å². The van der Waals surface area contributed by atoms with Gasteiger partial charge in [-0.25, -0.2) is 0 Å². The molecule has 2 rings (SSSR count). The van der Waals surface area contributed by atoms with Crippen LogP contribution in [0, 0.1) is 0 Å². The Morgan fingerprint density at radius 2 is 1.85 bits per heavy atom. The van der Waals surface area contributed by atoms with Crippen molar-refractivity contribution in [3.63, 3.8) is 0 Å². The highest BCUT2D eigenvalue weighted by atomic mass is 14.7. The lowest BCUT2D eigenvalue weighted by atomic mass is 10.1. The first-order chi connectivity index (χ1) is 6.36. The Morgan fingerprint density at radius 1 is 1.00 bits per heavy atom. The topological polar surface area (TPSA) is 51.8 Å². The lowest BCUT2D eigenvalue weighted by Gasteiger charge is -2.00. The second kappa shape index (κ2) is 3.23. The first-order valence-corrected chi connectivity index (χ1v) is 3.97. The van der Waals surface area contributed by atoms with Crippen LogP contribution in [0.5, 0.6) is 0 Å². The fraction of sp³-hybridized carbons (Fsp3) is 0. The minimum absolute atomic E-state index is 0.668. The highest BCUT2D eigenvalue weighted by Gasteiger charge is 1.96. The monoisotopic (exact) mass is 171 g/mol. The molecule has 3 heteroatoms. The molecular formula is C10H9N3. The van der Waals surface area contributed by atoms with E-state index in [-0.39, 0.29) is 0 Å². The highest BCUT2D eigenvalue weighted by molar-refractivity contribution is 5.64. The van der Waals surface area contributed by atoms with Gasteiger partial charge >= 0.3 is 0 Å². The van der Waals surface area contributed by atoms with Gasteiger partial charge in [-0.2, -0.15) is 0 Å². The number of hydrogen-bond acceptors (Lipinski definition) is 3. The number of aromatic nitrogens is 2. The molecular weight excluding hydrogens is 162 g/mol. The van der Waals surface area contributed by atoms with E-state index in [1.54, 1.807) is 24.8 Å². The largest absolute Gasteiger partial charge is 0.397 e. The van der Waals surface area contributed by atoms with Gasteiger partial charge in [0.2, 0.25) is 0 Å². The summed E-state index contributed by atoms with van der Waals surface area (Å²) in [4.78, 5) is 8.03. The molecule has 3 nitrogen and oxygen atoms in total. The molecule has 0 atom stereocenters. The van der Waals surface area contributed by atoms with E-state index >= 15 is 0 Å². The number of hydrogen-bond donors (Lipinski definition) is 1. The molecule has 0 unspecified atom stereocenters. The minimum atomic E-state index is 0.668. The van der Waals surface area contributed by atoms with Gasteiger partial charge in [-0.15, -0.1) is 0 Å². The molecule has 0 aliphatic rings. The average molecular weight is 171 g/mol. The first-order valence-electron chi connectivity index (χ1n) is 3.97. The molecule has 0 aromatic carbocycles. The van der Waals surface area contributed by atoms with Crippen LogP contribution in [0.15, 0.2) is 43.0 Å². The summed E-state index contributed by atoms with van der Waals surface area (Å²) < 4.78 is 0. The lowest BCUT2D eigenvalue weighted by molar-refractivity contribution is 1.30. The molecule has 0 saturated carbocycles. The first kappa shape index (κ1) is 7.73. The maximum atomic E-state index is 5.61. The van der Waals surface area contributed by atoms with E-state index in [4.69, 9.17) is 5.73 Å². The summed E-state index contributed by atoms with van der Waals surface area (Å²) in [6.07, 6.45) is 6.92. The van der Waals surface area contributed by atoms with Gasteiger partial charge in [0, 0.05) is 35.9 Å². The van der Waals surface area contributed by atoms with Crippen molar-refractivity contribution >= 4 is 5.69 Å². The fourth-order valence-electron chi connectivity index (χ4n) is 1.15. The van der Waals surface area contributed by atoms with Crippen LogP contribution < -0.4 is 5.73 Å². The molecule has 64 valence electrons. The van der Waals surface area contributed by atoms with Crippen molar-refractivity contribution in [2.24, 2.45) is 0 Å². The molecule has 2 aromatic heterocycles. The molecule has 2 N–H and O–H groups in total. The zero-order valence-corrected chi connectivity index (χ0v) is 7.01. The molecule has 0 radical (unpaired) electrons. The van der Waals surface area contributed by atoms with Crippen LogP contribution in [0.25, 0.3) is 11.1 Å². The Kier molecular flexibility index (Phi) is 1.92. The summed E-state index contributed by atoms with van der Waals surface area (Å²) in [5, 5.41) is 0. The van der Waals surface area contributed by atoms with Gasteiger partial charge in [0.05, 0.1) is 5.69 Å². The van der Waals surface area contributed by atoms with Crippen LogP contribution in [0.3, 0.4) is 0 Å². The third kappa shape index (κ3) is 1.64. The Morgan fingerprint density at radius 3 is 2.54 bits per heavy atom. The zero-order valence-electron chi connectivity index (χ0n) is 7.01. The van der Waals surface area contributed by atoms with Crippen LogP contribution in [-0.4, -0.2) is 9.97 Å². The number of nitrogen functional groups attached to an aromatic ring is 1. The molecule has 0 spiro atoms. The Balaban J connectivity index is 2.48. The Bertz CT molecular complexity index is 398. The van der Waals surface area contributed by atoms with Gasteiger partial charge < -0.3 is 5.73 Å². The van der Waals surface area contributed by atoms with Gasteiger partial charge in [0.25, 0.3) is 0 Å². The van der Waals surface area contributed by atoms with Gasteiger partial charge in [-0.05, 0) is 12.1 Å². The van der Waals surface area contributed by atoms with Gasteiger partial charge in [0.15, 0.2) is 0 Å². The Labute approximate surface area is 76.3 Å². The normalized spacial score (nSPS) is 9.85. The predicted molar refractivity (Wildman–Crippen MR) is 51.9 cm³/mol. The molecule has 2 aromatic rings. The average Bonchev–Trinajstić information content (AvgIpc) is 2.19. The van der Waals surface area contributed by atoms with Crippen molar-refractivity contribution in [3.8, 4) is 11.1 Å². The summed E-state index contributed by atoms with van der Waals surface area (Å²) in [5.74, 6) is 0. The summed E-state index contributed by atoms with van der Waals surface area (Å²) in [6, 6.07) is 5.74. The number of nitrogens with two attached hydrogens (primary N) is 1. The van der Waals surface area contributed by atoms with Crippen LogP contribution >= 0.6 is 0 Å². The molecule has 0 aliphatic heterocycles. The molecule has 0 aliphatic carbocycles. The van der Waals surface area contributed by atoms with Crippen molar-refractivity contribution < 1.29 is 0 Å². The molecule has 13 heavy (non-hydrogen) atoms. The van der Waals surface area contributed by atoms with E-state index in [2.05, 4.69) is 9.97 Å². The van der Waals surface area contributed by atoms with E-state index in [1.807, 2.05) is 18.2 Å². The maximum absolute atomic E-state index is 5.61. The number of rotatable bonds is 1. The van der Waals surface area contributed by atoms with Crippen molar-refractivity contribution in [3.05, 3.63) is 43.0 Å². The van der Waals surface area contributed by atoms with Crippen molar-refractivity contribution in [1.29, 1.82) is 0 Å². The van der Waals surface area contributed by atoms with Crippen molar-refractivity contribution in [1.82, 2.24) is 9.97 Å². The van der Waals surface area contributed by atoms with E-state index in [0.29, 0.717) is 5.69 Å².